The van der Waals surface area contributed by atoms with Crippen molar-refractivity contribution in [1.29, 1.82) is 0 Å². The fraction of sp³-hybridized carbons (Fsp3) is 0.391. The topological polar surface area (TPSA) is 52.8 Å². The van der Waals surface area contributed by atoms with Crippen LogP contribution in [0.1, 0.15) is 22.3 Å². The summed E-state index contributed by atoms with van der Waals surface area (Å²) in [6, 6.07) is 8.15. The highest BCUT2D eigenvalue weighted by molar-refractivity contribution is 7.98. The number of amides is 1. The summed E-state index contributed by atoms with van der Waals surface area (Å²) in [6.07, 6.45) is 2.38. The van der Waals surface area contributed by atoms with Crippen LogP contribution in [0.25, 0.3) is 10.2 Å². The molecule has 1 heterocycles. The molecule has 0 saturated heterocycles. The molecule has 0 fully saturated rings. The molecule has 3 rings (SSSR count). The molecule has 0 aliphatic carbocycles. The summed E-state index contributed by atoms with van der Waals surface area (Å²) in [5.41, 5.74) is 5.55. The summed E-state index contributed by atoms with van der Waals surface area (Å²) in [4.78, 5) is 18.1. The molecule has 0 bridgehead atoms. The zero-order chi connectivity index (χ0) is 21.8. The van der Waals surface area contributed by atoms with E-state index >= 15 is 0 Å². The Hall–Kier alpha value is -2.25. The first-order valence-corrected chi connectivity index (χ1v) is 12.0. The van der Waals surface area contributed by atoms with Crippen LogP contribution in [0.5, 0.6) is 11.5 Å². The van der Waals surface area contributed by atoms with Crippen LogP contribution >= 0.6 is 23.1 Å². The van der Waals surface area contributed by atoms with E-state index < -0.39 is 0 Å². The zero-order valence-electron chi connectivity index (χ0n) is 18.4. The highest BCUT2D eigenvalue weighted by Crippen LogP contribution is 2.33. The second-order valence-electron chi connectivity index (χ2n) is 7.26. The maximum atomic E-state index is 12.9. The minimum Gasteiger partial charge on any atom is -0.493 e. The first kappa shape index (κ1) is 22.4. The standard InChI is InChI=1S/C23H28N2O3S2/c1-14-9-15(2)17(16(3)10-14)11-22(26)24-23-25(7-8-29-6)18-12-19(27-4)20(28-5)13-21(18)30-23/h9-10,12-13H,7-8,11H2,1-6H3. The fourth-order valence-corrected chi connectivity index (χ4v) is 5.12. The molecular formula is C23H28N2O3S2. The van der Waals surface area contributed by atoms with E-state index in [4.69, 9.17) is 9.47 Å². The SMILES string of the molecule is COc1cc2sc(=NC(=O)Cc3c(C)cc(C)cc3C)n(CCSC)c2cc1OC. The quantitative estimate of drug-likeness (QED) is 0.531. The zero-order valence-corrected chi connectivity index (χ0v) is 20.0. The number of nitrogens with zero attached hydrogens (tertiary/aromatic N) is 2. The number of aromatic nitrogens is 1. The summed E-state index contributed by atoms with van der Waals surface area (Å²) in [7, 11) is 3.25. The molecule has 1 amide bonds. The maximum Gasteiger partial charge on any atom is 0.252 e. The molecule has 3 aromatic rings. The van der Waals surface area contributed by atoms with E-state index in [1.54, 1.807) is 26.0 Å². The van der Waals surface area contributed by atoms with Crippen molar-refractivity contribution in [3.8, 4) is 11.5 Å². The van der Waals surface area contributed by atoms with Gasteiger partial charge in [0.1, 0.15) is 0 Å². The van der Waals surface area contributed by atoms with E-state index in [2.05, 4.69) is 48.7 Å². The van der Waals surface area contributed by atoms with Crippen molar-refractivity contribution >= 4 is 39.2 Å². The number of rotatable bonds is 7. The molecule has 0 atom stereocenters. The van der Waals surface area contributed by atoms with Crippen molar-refractivity contribution in [3.63, 3.8) is 0 Å². The number of ether oxygens (including phenoxy) is 2. The summed E-state index contributed by atoms with van der Waals surface area (Å²) >= 11 is 3.27. The normalized spacial score (nSPS) is 11.9. The number of thioether (sulfide) groups is 1. The molecule has 0 aliphatic rings. The molecule has 160 valence electrons. The lowest BCUT2D eigenvalue weighted by Crippen LogP contribution is -2.19. The van der Waals surface area contributed by atoms with Crippen molar-refractivity contribution in [2.45, 2.75) is 33.7 Å². The first-order valence-electron chi connectivity index (χ1n) is 9.76. The molecular weight excluding hydrogens is 416 g/mol. The molecule has 0 radical (unpaired) electrons. The van der Waals surface area contributed by atoms with Crippen LogP contribution in [0.3, 0.4) is 0 Å². The molecule has 0 spiro atoms. The third-order valence-corrected chi connectivity index (χ3v) is 6.73. The Labute approximate surface area is 185 Å². The van der Waals surface area contributed by atoms with Gasteiger partial charge in [-0.1, -0.05) is 29.0 Å². The van der Waals surface area contributed by atoms with E-state index in [1.807, 2.05) is 12.1 Å². The van der Waals surface area contributed by atoms with Gasteiger partial charge in [0, 0.05) is 24.4 Å². The molecule has 5 nitrogen and oxygen atoms in total. The number of carbonyl (C=O) groups is 1. The van der Waals surface area contributed by atoms with Gasteiger partial charge >= 0.3 is 0 Å². The Balaban J connectivity index is 2.07. The van der Waals surface area contributed by atoms with Gasteiger partial charge in [-0.2, -0.15) is 16.8 Å². The number of hydrogen-bond acceptors (Lipinski definition) is 5. The number of fused-ring (bicyclic) bond motifs is 1. The minimum absolute atomic E-state index is 0.131. The van der Waals surface area contributed by atoms with Gasteiger partial charge < -0.3 is 14.0 Å². The van der Waals surface area contributed by atoms with Crippen molar-refractivity contribution in [2.75, 3.05) is 26.2 Å². The Bertz CT molecular complexity index is 1120. The molecule has 0 unspecified atom stereocenters. The maximum absolute atomic E-state index is 12.9. The van der Waals surface area contributed by atoms with Gasteiger partial charge in [-0.05, 0) is 43.7 Å². The van der Waals surface area contributed by atoms with Gasteiger partial charge in [0.15, 0.2) is 16.3 Å². The number of carbonyl (C=O) groups excluding carboxylic acids is 1. The second kappa shape index (κ2) is 9.71. The number of benzene rings is 2. The van der Waals surface area contributed by atoms with Gasteiger partial charge in [-0.25, -0.2) is 0 Å². The van der Waals surface area contributed by atoms with Gasteiger partial charge in [0.05, 0.1) is 30.9 Å². The molecule has 7 heteroatoms. The molecule has 2 aromatic carbocycles. The number of methoxy groups -OCH3 is 2. The van der Waals surface area contributed by atoms with Crippen LogP contribution in [0, 0.1) is 20.8 Å². The Morgan fingerprint density at radius 2 is 1.70 bits per heavy atom. The molecule has 1 aromatic heterocycles. The summed E-state index contributed by atoms with van der Waals surface area (Å²) in [5.74, 6) is 2.14. The third-order valence-electron chi connectivity index (χ3n) is 5.10. The fourth-order valence-electron chi connectivity index (χ4n) is 3.67. The van der Waals surface area contributed by atoms with Gasteiger partial charge in [-0.15, -0.1) is 0 Å². The largest absolute Gasteiger partial charge is 0.493 e. The highest BCUT2D eigenvalue weighted by Gasteiger charge is 2.14. The summed E-state index contributed by atoms with van der Waals surface area (Å²) < 4.78 is 14.0. The van der Waals surface area contributed by atoms with Gasteiger partial charge in [-0.3, -0.25) is 4.79 Å². The van der Waals surface area contributed by atoms with Crippen LogP contribution < -0.4 is 14.3 Å². The van der Waals surface area contributed by atoms with E-state index in [-0.39, 0.29) is 5.91 Å². The predicted octanol–water partition coefficient (Wildman–Crippen LogP) is 4.68. The van der Waals surface area contributed by atoms with Crippen molar-refractivity contribution in [3.05, 3.63) is 51.3 Å². The minimum atomic E-state index is -0.131. The van der Waals surface area contributed by atoms with Crippen LogP contribution in [0.15, 0.2) is 29.3 Å². The highest BCUT2D eigenvalue weighted by atomic mass is 32.2. The number of aryl methyl sites for hydroxylation is 4. The summed E-state index contributed by atoms with van der Waals surface area (Å²) in [5, 5.41) is 0. The van der Waals surface area contributed by atoms with Gasteiger partial charge in [0.2, 0.25) is 0 Å². The predicted molar refractivity (Wildman–Crippen MR) is 126 cm³/mol. The van der Waals surface area contributed by atoms with Crippen molar-refractivity contribution in [2.24, 2.45) is 4.99 Å². The van der Waals surface area contributed by atoms with E-state index in [9.17, 15) is 4.79 Å². The van der Waals surface area contributed by atoms with Crippen LogP contribution in [0.2, 0.25) is 0 Å². The van der Waals surface area contributed by atoms with Crippen LogP contribution in [-0.2, 0) is 17.8 Å². The lowest BCUT2D eigenvalue weighted by molar-refractivity contribution is -0.117. The average molecular weight is 445 g/mol. The van der Waals surface area contributed by atoms with Crippen LogP contribution in [-0.4, -0.2) is 36.7 Å². The smallest absolute Gasteiger partial charge is 0.252 e. The third kappa shape index (κ3) is 4.73. The Kier molecular flexibility index (Phi) is 7.26. The molecule has 0 N–H and O–H groups in total. The summed E-state index contributed by atoms with van der Waals surface area (Å²) in [6.45, 7) is 6.95. The molecule has 0 saturated carbocycles. The number of hydrogen-bond donors (Lipinski definition) is 0. The number of thiazole rings is 1. The lowest BCUT2D eigenvalue weighted by Gasteiger charge is -2.10. The van der Waals surface area contributed by atoms with Crippen molar-refractivity contribution < 1.29 is 14.3 Å². The van der Waals surface area contributed by atoms with E-state index in [0.29, 0.717) is 22.7 Å². The van der Waals surface area contributed by atoms with Gasteiger partial charge in [0.25, 0.3) is 5.91 Å². The van der Waals surface area contributed by atoms with Crippen molar-refractivity contribution in [1.82, 2.24) is 4.57 Å². The molecule has 30 heavy (non-hydrogen) atoms. The second-order valence-corrected chi connectivity index (χ2v) is 9.26. The lowest BCUT2D eigenvalue weighted by atomic mass is 9.97. The van der Waals surface area contributed by atoms with Crippen LogP contribution in [0.4, 0.5) is 0 Å². The first-order chi connectivity index (χ1) is 14.4. The van der Waals surface area contributed by atoms with E-state index in [0.717, 1.165) is 39.2 Å². The molecule has 0 aliphatic heterocycles. The monoisotopic (exact) mass is 444 g/mol. The average Bonchev–Trinajstić information content (AvgIpc) is 3.03. The Morgan fingerprint density at radius 3 is 2.30 bits per heavy atom. The van der Waals surface area contributed by atoms with E-state index in [1.165, 1.54) is 16.9 Å². The Morgan fingerprint density at radius 1 is 1.07 bits per heavy atom.